The molecule has 2 rings (SSSR count). The Kier molecular flexibility index (Phi) is 5.13. The lowest BCUT2D eigenvalue weighted by Gasteiger charge is -2.39. The van der Waals surface area contributed by atoms with Crippen LogP contribution in [0, 0.1) is 5.82 Å². The molecule has 0 aliphatic carbocycles. The standard InChI is InChI=1S/C16H20FNO4/c1-18(9-6-14(19)20)15(21)16(7-10-22-11-8-16)12-2-4-13(17)5-3-12/h2-5H,6-11H2,1H3,(H,19,20). The van der Waals surface area contributed by atoms with Crippen molar-refractivity contribution in [2.24, 2.45) is 0 Å². The molecule has 1 aromatic rings. The smallest absolute Gasteiger partial charge is 0.305 e. The average molecular weight is 309 g/mol. The number of likely N-dealkylation sites (N-methyl/N-ethyl adjacent to an activating group) is 1. The summed E-state index contributed by atoms with van der Waals surface area (Å²) in [5, 5.41) is 8.77. The molecule has 0 aromatic heterocycles. The van der Waals surface area contributed by atoms with Crippen LogP contribution in [0.4, 0.5) is 4.39 Å². The number of benzene rings is 1. The third-order valence-corrected chi connectivity index (χ3v) is 4.16. The van der Waals surface area contributed by atoms with Crippen LogP contribution in [0.15, 0.2) is 24.3 Å². The topological polar surface area (TPSA) is 66.8 Å². The van der Waals surface area contributed by atoms with Crippen LogP contribution in [-0.4, -0.2) is 48.7 Å². The summed E-state index contributed by atoms with van der Waals surface area (Å²) in [6, 6.07) is 5.95. The SMILES string of the molecule is CN(CCC(=O)O)C(=O)C1(c2ccc(F)cc2)CCOCC1. The molecule has 1 amide bonds. The Balaban J connectivity index is 2.26. The monoisotopic (exact) mass is 309 g/mol. The van der Waals surface area contributed by atoms with E-state index in [1.807, 2.05) is 0 Å². The van der Waals surface area contributed by atoms with E-state index >= 15 is 0 Å². The molecule has 22 heavy (non-hydrogen) atoms. The van der Waals surface area contributed by atoms with Crippen molar-refractivity contribution in [3.8, 4) is 0 Å². The van der Waals surface area contributed by atoms with E-state index in [0.29, 0.717) is 26.1 Å². The molecule has 1 aliphatic heterocycles. The van der Waals surface area contributed by atoms with Gasteiger partial charge >= 0.3 is 5.97 Å². The summed E-state index contributed by atoms with van der Waals surface area (Å²) in [5.41, 5.74) is -0.0106. The van der Waals surface area contributed by atoms with Crippen molar-refractivity contribution >= 4 is 11.9 Å². The van der Waals surface area contributed by atoms with E-state index in [4.69, 9.17) is 9.84 Å². The van der Waals surface area contributed by atoms with E-state index in [1.165, 1.54) is 17.0 Å². The van der Waals surface area contributed by atoms with Crippen LogP contribution in [-0.2, 0) is 19.7 Å². The number of ether oxygens (including phenoxy) is 1. The van der Waals surface area contributed by atoms with Gasteiger partial charge in [0.1, 0.15) is 5.82 Å². The van der Waals surface area contributed by atoms with Gasteiger partial charge in [-0.05, 0) is 30.5 Å². The number of carbonyl (C=O) groups is 2. The summed E-state index contributed by atoms with van der Waals surface area (Å²) in [7, 11) is 1.60. The molecular formula is C16H20FNO4. The van der Waals surface area contributed by atoms with Gasteiger partial charge in [-0.2, -0.15) is 0 Å². The summed E-state index contributed by atoms with van der Waals surface area (Å²) in [6.45, 7) is 1.06. The molecule has 120 valence electrons. The van der Waals surface area contributed by atoms with Gasteiger partial charge in [0.25, 0.3) is 0 Å². The maximum Gasteiger partial charge on any atom is 0.305 e. The van der Waals surface area contributed by atoms with Gasteiger partial charge in [-0.25, -0.2) is 4.39 Å². The van der Waals surface area contributed by atoms with E-state index in [9.17, 15) is 14.0 Å². The third kappa shape index (κ3) is 3.44. The third-order valence-electron chi connectivity index (χ3n) is 4.16. The van der Waals surface area contributed by atoms with Crippen LogP contribution < -0.4 is 0 Å². The zero-order valence-electron chi connectivity index (χ0n) is 12.5. The molecule has 0 saturated carbocycles. The van der Waals surface area contributed by atoms with Crippen LogP contribution in [0.25, 0.3) is 0 Å². The molecule has 0 bridgehead atoms. The Morgan fingerprint density at radius 1 is 1.27 bits per heavy atom. The molecular weight excluding hydrogens is 289 g/mol. The predicted octanol–water partition coefficient (Wildman–Crippen LogP) is 1.81. The highest BCUT2D eigenvalue weighted by molar-refractivity contribution is 5.88. The number of carbonyl (C=O) groups excluding carboxylic acids is 1. The minimum absolute atomic E-state index is 0.0990. The lowest BCUT2D eigenvalue weighted by molar-refractivity contribution is -0.142. The fourth-order valence-electron chi connectivity index (χ4n) is 2.85. The summed E-state index contributed by atoms with van der Waals surface area (Å²) >= 11 is 0. The largest absolute Gasteiger partial charge is 0.481 e. The molecule has 1 aliphatic rings. The van der Waals surface area contributed by atoms with E-state index in [2.05, 4.69) is 0 Å². The van der Waals surface area contributed by atoms with Gasteiger partial charge in [-0.1, -0.05) is 12.1 Å². The summed E-state index contributed by atoms with van der Waals surface area (Å²) in [5.74, 6) is -1.43. The number of rotatable bonds is 5. The number of hydrogen-bond donors (Lipinski definition) is 1. The molecule has 1 fully saturated rings. The molecule has 1 saturated heterocycles. The maximum absolute atomic E-state index is 13.2. The molecule has 0 spiro atoms. The van der Waals surface area contributed by atoms with Gasteiger partial charge < -0.3 is 14.7 Å². The summed E-state index contributed by atoms with van der Waals surface area (Å²) in [4.78, 5) is 25.0. The van der Waals surface area contributed by atoms with Gasteiger partial charge in [-0.3, -0.25) is 9.59 Å². The van der Waals surface area contributed by atoms with E-state index in [0.717, 1.165) is 5.56 Å². The molecule has 6 heteroatoms. The van der Waals surface area contributed by atoms with Crippen molar-refractivity contribution < 1.29 is 23.8 Å². The second kappa shape index (κ2) is 6.87. The van der Waals surface area contributed by atoms with Gasteiger partial charge in [-0.15, -0.1) is 0 Å². The van der Waals surface area contributed by atoms with Crippen LogP contribution in [0.1, 0.15) is 24.8 Å². The second-order valence-corrected chi connectivity index (χ2v) is 5.57. The average Bonchev–Trinajstić information content (AvgIpc) is 2.53. The lowest BCUT2D eigenvalue weighted by atomic mass is 9.73. The predicted molar refractivity (Wildman–Crippen MR) is 78.0 cm³/mol. The number of amides is 1. The van der Waals surface area contributed by atoms with Gasteiger partial charge in [0.2, 0.25) is 5.91 Å². The number of halogens is 1. The minimum atomic E-state index is -0.942. The first-order chi connectivity index (χ1) is 10.5. The Hall–Kier alpha value is -1.95. The van der Waals surface area contributed by atoms with Crippen molar-refractivity contribution in [3.63, 3.8) is 0 Å². The highest BCUT2D eigenvalue weighted by Gasteiger charge is 2.43. The van der Waals surface area contributed by atoms with E-state index in [1.54, 1.807) is 19.2 Å². The quantitative estimate of drug-likeness (QED) is 0.901. The normalized spacial score (nSPS) is 17.0. The molecule has 1 heterocycles. The fraction of sp³-hybridized carbons (Fsp3) is 0.500. The van der Waals surface area contributed by atoms with Crippen molar-refractivity contribution in [2.75, 3.05) is 26.8 Å². The van der Waals surface area contributed by atoms with Crippen LogP contribution in [0.3, 0.4) is 0 Å². The van der Waals surface area contributed by atoms with E-state index < -0.39 is 11.4 Å². The van der Waals surface area contributed by atoms with Crippen molar-refractivity contribution in [2.45, 2.75) is 24.7 Å². The fourth-order valence-corrected chi connectivity index (χ4v) is 2.85. The first-order valence-corrected chi connectivity index (χ1v) is 7.27. The zero-order chi connectivity index (χ0) is 16.2. The Bertz CT molecular complexity index is 538. The van der Waals surface area contributed by atoms with Crippen LogP contribution in [0.2, 0.25) is 0 Å². The molecule has 0 unspecified atom stereocenters. The number of carboxylic acid groups (broad SMARTS) is 1. The Morgan fingerprint density at radius 2 is 1.86 bits per heavy atom. The van der Waals surface area contributed by atoms with Gasteiger partial charge in [0, 0.05) is 26.8 Å². The van der Waals surface area contributed by atoms with Crippen LogP contribution >= 0.6 is 0 Å². The summed E-state index contributed by atoms with van der Waals surface area (Å²) in [6.07, 6.45) is 0.919. The molecule has 0 radical (unpaired) electrons. The molecule has 1 N–H and O–H groups in total. The Morgan fingerprint density at radius 3 is 2.41 bits per heavy atom. The van der Waals surface area contributed by atoms with Crippen molar-refractivity contribution in [1.29, 1.82) is 0 Å². The first kappa shape index (κ1) is 16.4. The number of aliphatic carboxylic acids is 1. The Labute approximate surface area is 128 Å². The van der Waals surface area contributed by atoms with Gasteiger partial charge in [0.15, 0.2) is 0 Å². The lowest BCUT2D eigenvalue weighted by Crippen LogP contribution is -2.49. The number of hydrogen-bond acceptors (Lipinski definition) is 3. The van der Waals surface area contributed by atoms with Crippen molar-refractivity contribution in [1.82, 2.24) is 4.90 Å². The molecule has 1 aromatic carbocycles. The first-order valence-electron chi connectivity index (χ1n) is 7.27. The van der Waals surface area contributed by atoms with Gasteiger partial charge in [0.05, 0.1) is 11.8 Å². The second-order valence-electron chi connectivity index (χ2n) is 5.57. The van der Waals surface area contributed by atoms with E-state index in [-0.39, 0.29) is 24.7 Å². The maximum atomic E-state index is 13.2. The zero-order valence-corrected chi connectivity index (χ0v) is 12.5. The molecule has 0 atom stereocenters. The minimum Gasteiger partial charge on any atom is -0.481 e. The summed E-state index contributed by atoms with van der Waals surface area (Å²) < 4.78 is 18.5. The van der Waals surface area contributed by atoms with Crippen molar-refractivity contribution in [3.05, 3.63) is 35.6 Å². The highest BCUT2D eigenvalue weighted by Crippen LogP contribution is 2.36. The van der Waals surface area contributed by atoms with Crippen LogP contribution in [0.5, 0.6) is 0 Å². The number of carboxylic acids is 1. The number of nitrogens with zero attached hydrogens (tertiary/aromatic N) is 1. The highest BCUT2D eigenvalue weighted by atomic mass is 19.1. The molecule has 5 nitrogen and oxygen atoms in total.